The van der Waals surface area contributed by atoms with Gasteiger partial charge < -0.3 is 14.5 Å². The first-order chi connectivity index (χ1) is 12.3. The smallest absolute Gasteiger partial charge is 0.445 e. The summed E-state index contributed by atoms with van der Waals surface area (Å²) in [7, 11) is 0. The molecule has 0 saturated heterocycles. The maximum absolute atomic E-state index is 12.3. The molecule has 0 amide bonds. The molecule has 0 aliphatic carbocycles. The van der Waals surface area contributed by atoms with Crippen LogP contribution in [0.25, 0.3) is 11.0 Å². The Balaban J connectivity index is 1.74. The van der Waals surface area contributed by atoms with E-state index in [0.717, 1.165) is 16.5 Å². The zero-order valence-electron chi connectivity index (χ0n) is 13.4. The van der Waals surface area contributed by atoms with Gasteiger partial charge in [-0.05, 0) is 52.7 Å². The second kappa shape index (κ2) is 6.92. The number of nitrogens with zero attached hydrogens (tertiary/aromatic N) is 1. The molecule has 0 aliphatic heterocycles. The lowest BCUT2D eigenvalue weighted by molar-refractivity contribution is -0.274. The van der Waals surface area contributed by atoms with Crippen molar-refractivity contribution in [3.8, 4) is 11.8 Å². The van der Waals surface area contributed by atoms with Crippen LogP contribution in [0.5, 0.6) is 5.75 Å². The standard InChI is InChI=1S/C18H12BrF3N2O2/c1-10-13-4-2-11(6-16(13)25-17(10)8-23)9-24-12-3-5-15(14(19)7-12)26-18(20,21)22/h2-7,24H,9H2,1H3. The molecular formula is C18H12BrF3N2O2. The molecule has 3 aromatic rings. The van der Waals surface area contributed by atoms with Crippen molar-refractivity contribution in [3.63, 3.8) is 0 Å². The number of benzene rings is 2. The van der Waals surface area contributed by atoms with Gasteiger partial charge in [0, 0.05) is 23.2 Å². The number of aryl methyl sites for hydroxylation is 1. The van der Waals surface area contributed by atoms with Crippen molar-refractivity contribution in [2.45, 2.75) is 19.8 Å². The van der Waals surface area contributed by atoms with E-state index >= 15 is 0 Å². The lowest BCUT2D eigenvalue weighted by Gasteiger charge is -2.12. The minimum Gasteiger partial charge on any atom is -0.445 e. The number of rotatable bonds is 4. The summed E-state index contributed by atoms with van der Waals surface area (Å²) in [6, 6.07) is 11.8. The third kappa shape index (κ3) is 3.94. The number of furan rings is 1. The summed E-state index contributed by atoms with van der Waals surface area (Å²) in [5.74, 6) is -0.0196. The number of alkyl halides is 3. The van der Waals surface area contributed by atoms with Crippen LogP contribution in [0.3, 0.4) is 0 Å². The minimum absolute atomic E-state index is 0.190. The predicted octanol–water partition coefficient (Wildman–Crippen LogP) is 5.89. The Bertz CT molecular complexity index is 1010. The number of halogens is 4. The van der Waals surface area contributed by atoms with Crippen molar-refractivity contribution in [2.24, 2.45) is 0 Å². The molecule has 0 radical (unpaired) electrons. The number of hydrogen-bond donors (Lipinski definition) is 1. The zero-order valence-corrected chi connectivity index (χ0v) is 15.0. The van der Waals surface area contributed by atoms with Crippen LogP contribution in [-0.4, -0.2) is 6.36 Å². The predicted molar refractivity (Wildman–Crippen MR) is 93.8 cm³/mol. The van der Waals surface area contributed by atoms with Crippen LogP contribution in [0.15, 0.2) is 45.3 Å². The topological polar surface area (TPSA) is 58.2 Å². The third-order valence-electron chi connectivity index (χ3n) is 3.76. The van der Waals surface area contributed by atoms with Crippen LogP contribution in [0.2, 0.25) is 0 Å². The van der Waals surface area contributed by atoms with Gasteiger partial charge in [-0.25, -0.2) is 0 Å². The average molecular weight is 425 g/mol. The van der Waals surface area contributed by atoms with Gasteiger partial charge in [0.25, 0.3) is 0 Å². The first kappa shape index (κ1) is 18.1. The fourth-order valence-corrected chi connectivity index (χ4v) is 2.97. The lowest BCUT2D eigenvalue weighted by Crippen LogP contribution is -2.17. The van der Waals surface area contributed by atoms with E-state index in [2.05, 4.69) is 26.0 Å². The molecule has 0 aliphatic rings. The van der Waals surface area contributed by atoms with Crippen LogP contribution >= 0.6 is 15.9 Å². The Morgan fingerprint density at radius 2 is 2.00 bits per heavy atom. The quantitative estimate of drug-likeness (QED) is 0.567. The molecule has 0 fully saturated rings. The molecule has 0 saturated carbocycles. The van der Waals surface area contributed by atoms with E-state index in [4.69, 9.17) is 9.68 Å². The molecular weight excluding hydrogens is 413 g/mol. The summed E-state index contributed by atoms with van der Waals surface area (Å²) in [5.41, 5.74) is 2.95. The Morgan fingerprint density at radius 3 is 2.65 bits per heavy atom. The summed E-state index contributed by atoms with van der Waals surface area (Å²) < 4.78 is 46.5. The maximum atomic E-state index is 12.3. The molecule has 0 unspecified atom stereocenters. The van der Waals surface area contributed by atoms with E-state index in [-0.39, 0.29) is 16.0 Å². The fourth-order valence-electron chi connectivity index (χ4n) is 2.51. The van der Waals surface area contributed by atoms with Crippen molar-refractivity contribution in [2.75, 3.05) is 5.32 Å². The van der Waals surface area contributed by atoms with Gasteiger partial charge in [-0.1, -0.05) is 12.1 Å². The Labute approximate surface area is 155 Å². The third-order valence-corrected chi connectivity index (χ3v) is 4.38. The Kier molecular flexibility index (Phi) is 4.83. The number of ether oxygens (including phenoxy) is 1. The second-order valence-electron chi connectivity index (χ2n) is 5.55. The van der Waals surface area contributed by atoms with E-state index in [0.29, 0.717) is 17.8 Å². The number of anilines is 1. The summed E-state index contributed by atoms with van der Waals surface area (Å²) in [5, 5.41) is 13.0. The van der Waals surface area contributed by atoms with Crippen LogP contribution < -0.4 is 10.1 Å². The summed E-state index contributed by atoms with van der Waals surface area (Å²) in [6.07, 6.45) is -4.74. The van der Waals surface area contributed by atoms with Crippen molar-refractivity contribution >= 4 is 32.6 Å². The zero-order chi connectivity index (χ0) is 18.9. The molecule has 3 rings (SSSR count). The number of nitrogens with one attached hydrogen (secondary N) is 1. The van der Waals surface area contributed by atoms with Gasteiger partial charge in [0.2, 0.25) is 5.76 Å². The number of fused-ring (bicyclic) bond motifs is 1. The molecule has 134 valence electrons. The molecule has 0 spiro atoms. The highest BCUT2D eigenvalue weighted by Gasteiger charge is 2.31. The molecule has 4 nitrogen and oxygen atoms in total. The van der Waals surface area contributed by atoms with Crippen LogP contribution in [0.4, 0.5) is 18.9 Å². The number of nitriles is 1. The molecule has 8 heteroatoms. The van der Waals surface area contributed by atoms with E-state index in [1.165, 1.54) is 18.2 Å². The van der Waals surface area contributed by atoms with E-state index in [1.807, 2.05) is 31.2 Å². The summed E-state index contributed by atoms with van der Waals surface area (Å²) >= 11 is 3.07. The van der Waals surface area contributed by atoms with Gasteiger partial charge in [0.1, 0.15) is 17.4 Å². The minimum atomic E-state index is -4.74. The molecule has 2 aromatic carbocycles. The average Bonchev–Trinajstić information content (AvgIpc) is 2.89. The fraction of sp³-hybridized carbons (Fsp3) is 0.167. The molecule has 1 N–H and O–H groups in total. The highest BCUT2D eigenvalue weighted by atomic mass is 79.9. The lowest BCUT2D eigenvalue weighted by atomic mass is 10.1. The first-order valence-electron chi connectivity index (χ1n) is 7.48. The summed E-state index contributed by atoms with van der Waals surface area (Å²) in [6.45, 7) is 2.26. The summed E-state index contributed by atoms with van der Waals surface area (Å²) in [4.78, 5) is 0. The second-order valence-corrected chi connectivity index (χ2v) is 6.40. The van der Waals surface area contributed by atoms with E-state index in [9.17, 15) is 13.2 Å². The largest absolute Gasteiger partial charge is 0.573 e. The van der Waals surface area contributed by atoms with Crippen molar-refractivity contribution in [1.82, 2.24) is 0 Å². The maximum Gasteiger partial charge on any atom is 0.573 e. The van der Waals surface area contributed by atoms with Crippen LogP contribution in [0.1, 0.15) is 16.9 Å². The molecule has 0 atom stereocenters. The van der Waals surface area contributed by atoms with Gasteiger partial charge in [-0.15, -0.1) is 13.2 Å². The van der Waals surface area contributed by atoms with Crippen LogP contribution in [0, 0.1) is 18.3 Å². The van der Waals surface area contributed by atoms with Crippen molar-refractivity contribution < 1.29 is 22.3 Å². The van der Waals surface area contributed by atoms with Gasteiger partial charge in [0.05, 0.1) is 4.47 Å². The van der Waals surface area contributed by atoms with Gasteiger partial charge in [-0.3, -0.25) is 0 Å². The van der Waals surface area contributed by atoms with E-state index < -0.39 is 6.36 Å². The van der Waals surface area contributed by atoms with Gasteiger partial charge in [0.15, 0.2) is 0 Å². The van der Waals surface area contributed by atoms with Crippen molar-refractivity contribution in [1.29, 1.82) is 5.26 Å². The molecule has 26 heavy (non-hydrogen) atoms. The highest BCUT2D eigenvalue weighted by molar-refractivity contribution is 9.10. The first-order valence-corrected chi connectivity index (χ1v) is 8.27. The Morgan fingerprint density at radius 1 is 1.23 bits per heavy atom. The SMILES string of the molecule is Cc1c(C#N)oc2cc(CNc3ccc(OC(F)(F)F)c(Br)c3)ccc12. The molecule has 1 heterocycles. The van der Waals surface area contributed by atoms with Gasteiger partial charge in [-0.2, -0.15) is 5.26 Å². The molecule has 1 aromatic heterocycles. The Hall–Kier alpha value is -2.66. The van der Waals surface area contributed by atoms with Crippen LogP contribution in [-0.2, 0) is 6.54 Å². The number of hydrogen-bond acceptors (Lipinski definition) is 4. The van der Waals surface area contributed by atoms with Gasteiger partial charge >= 0.3 is 6.36 Å². The monoisotopic (exact) mass is 424 g/mol. The molecule has 0 bridgehead atoms. The van der Waals surface area contributed by atoms with E-state index in [1.54, 1.807) is 0 Å². The van der Waals surface area contributed by atoms with Crippen molar-refractivity contribution in [3.05, 3.63) is 57.8 Å². The normalized spacial score (nSPS) is 11.4. The highest BCUT2D eigenvalue weighted by Crippen LogP contribution is 2.32.